The number of fused-ring (bicyclic) bond motifs is 1. The van der Waals surface area contributed by atoms with Gasteiger partial charge in [0.2, 0.25) is 0 Å². The fourth-order valence-electron chi connectivity index (χ4n) is 3.76. The van der Waals surface area contributed by atoms with Crippen LogP contribution in [0.15, 0.2) is 60.7 Å². The van der Waals surface area contributed by atoms with Crippen LogP contribution in [0.25, 0.3) is 11.0 Å². The highest BCUT2D eigenvalue weighted by molar-refractivity contribution is 5.75. The second-order valence-corrected chi connectivity index (χ2v) is 8.20. The van der Waals surface area contributed by atoms with Gasteiger partial charge < -0.3 is 14.0 Å². The summed E-state index contributed by atoms with van der Waals surface area (Å²) in [5, 5.41) is 0. The fraction of sp³-hybridized carbons (Fsp3) is 0.296. The molecule has 0 unspecified atom stereocenters. The lowest BCUT2D eigenvalue weighted by Gasteiger charge is -2.13. The molecule has 0 aliphatic carbocycles. The van der Waals surface area contributed by atoms with Gasteiger partial charge in [-0.25, -0.2) is 4.98 Å². The van der Waals surface area contributed by atoms with Crippen LogP contribution in [0.5, 0.6) is 11.5 Å². The molecule has 4 heteroatoms. The normalized spacial score (nSPS) is 11.1. The smallest absolute Gasteiger partial charge is 0.148 e. The summed E-state index contributed by atoms with van der Waals surface area (Å²) in [4.78, 5) is 4.84. The molecule has 0 N–H and O–H groups in total. The Hall–Kier alpha value is -3.27. The van der Waals surface area contributed by atoms with E-state index in [9.17, 15) is 0 Å². The van der Waals surface area contributed by atoms with Crippen LogP contribution in [0.2, 0.25) is 0 Å². The van der Waals surface area contributed by atoms with Gasteiger partial charge in [-0.15, -0.1) is 0 Å². The molecule has 0 aliphatic rings. The monoisotopic (exact) mass is 414 g/mol. The predicted octanol–water partition coefficient (Wildman–Crippen LogP) is 6.32. The Kier molecular flexibility index (Phi) is 6.26. The number of rotatable bonds is 8. The molecule has 0 amide bonds. The van der Waals surface area contributed by atoms with E-state index in [4.69, 9.17) is 14.5 Å². The molecule has 160 valence electrons. The third-order valence-electron chi connectivity index (χ3n) is 5.56. The Morgan fingerprint density at radius 2 is 1.42 bits per heavy atom. The number of benzene rings is 3. The first-order chi connectivity index (χ1) is 15.0. The first-order valence-electron chi connectivity index (χ1n) is 10.9. The molecule has 1 aromatic heterocycles. The molecule has 0 fully saturated rings. The molecule has 0 aliphatic heterocycles. The summed E-state index contributed by atoms with van der Waals surface area (Å²) >= 11 is 0. The van der Waals surface area contributed by atoms with E-state index in [2.05, 4.69) is 86.9 Å². The van der Waals surface area contributed by atoms with Gasteiger partial charge in [0.1, 0.15) is 23.9 Å². The topological polar surface area (TPSA) is 36.3 Å². The maximum Gasteiger partial charge on any atom is 0.148 e. The largest absolute Gasteiger partial charge is 0.493 e. The maximum atomic E-state index is 6.16. The van der Waals surface area contributed by atoms with E-state index >= 15 is 0 Å². The SMILES string of the molecule is Cc1ccc(C)c(OCCCn2c(COc3cc(C)ccc3C)nc3ccccc32)c1. The highest BCUT2D eigenvalue weighted by Gasteiger charge is 2.12. The molecular formula is C27H30N2O2. The van der Waals surface area contributed by atoms with Gasteiger partial charge >= 0.3 is 0 Å². The average molecular weight is 415 g/mol. The summed E-state index contributed by atoms with van der Waals surface area (Å²) < 4.78 is 14.5. The highest BCUT2D eigenvalue weighted by Crippen LogP contribution is 2.23. The molecule has 1 heterocycles. The molecule has 4 aromatic rings. The third-order valence-corrected chi connectivity index (χ3v) is 5.56. The second kappa shape index (κ2) is 9.25. The molecular weight excluding hydrogens is 384 g/mol. The van der Waals surface area contributed by atoms with Gasteiger partial charge in [0.15, 0.2) is 0 Å². The van der Waals surface area contributed by atoms with Crippen LogP contribution in [0.3, 0.4) is 0 Å². The van der Waals surface area contributed by atoms with Crippen LogP contribution in [0, 0.1) is 27.7 Å². The van der Waals surface area contributed by atoms with Gasteiger partial charge in [0, 0.05) is 6.54 Å². The van der Waals surface area contributed by atoms with Crippen molar-refractivity contribution in [1.29, 1.82) is 0 Å². The Balaban J connectivity index is 1.47. The predicted molar refractivity (Wildman–Crippen MR) is 126 cm³/mol. The van der Waals surface area contributed by atoms with Crippen LogP contribution in [-0.2, 0) is 13.2 Å². The van der Waals surface area contributed by atoms with Crippen LogP contribution in [0.1, 0.15) is 34.5 Å². The number of aromatic nitrogens is 2. The number of nitrogens with zero attached hydrogens (tertiary/aromatic N) is 2. The van der Waals surface area contributed by atoms with Crippen molar-refractivity contribution in [1.82, 2.24) is 9.55 Å². The summed E-state index contributed by atoms with van der Waals surface area (Å²) in [6.07, 6.45) is 0.893. The van der Waals surface area contributed by atoms with E-state index in [1.165, 1.54) is 16.7 Å². The van der Waals surface area contributed by atoms with Gasteiger partial charge in [-0.05, 0) is 80.6 Å². The minimum atomic E-state index is 0.441. The quantitative estimate of drug-likeness (QED) is 0.317. The standard InChI is InChI=1S/C27H30N2O2/c1-19-10-12-21(3)25(16-19)30-15-7-14-29-24-9-6-5-8-23(24)28-27(29)18-31-26-17-20(2)11-13-22(26)4/h5-6,8-13,16-17H,7,14-15,18H2,1-4H3. The molecule has 0 saturated carbocycles. The Morgan fingerprint density at radius 3 is 2.13 bits per heavy atom. The Labute approximate surface area is 184 Å². The van der Waals surface area contributed by atoms with Crippen molar-refractivity contribution < 1.29 is 9.47 Å². The number of imidazole rings is 1. The van der Waals surface area contributed by atoms with Crippen LogP contribution >= 0.6 is 0 Å². The summed E-state index contributed by atoms with van der Waals surface area (Å²) in [7, 11) is 0. The fourth-order valence-corrected chi connectivity index (χ4v) is 3.76. The molecule has 4 rings (SSSR count). The van der Waals surface area contributed by atoms with E-state index in [0.717, 1.165) is 46.9 Å². The first-order valence-corrected chi connectivity index (χ1v) is 10.9. The minimum Gasteiger partial charge on any atom is -0.493 e. The molecule has 0 spiro atoms. The average Bonchev–Trinajstić information content (AvgIpc) is 3.11. The summed E-state index contributed by atoms with van der Waals surface area (Å²) in [6.45, 7) is 10.3. The van der Waals surface area contributed by atoms with Crippen molar-refractivity contribution in [2.45, 2.75) is 47.3 Å². The lowest BCUT2D eigenvalue weighted by molar-refractivity contribution is 0.278. The number of hydrogen-bond donors (Lipinski definition) is 0. The second-order valence-electron chi connectivity index (χ2n) is 8.20. The van der Waals surface area contributed by atoms with Gasteiger partial charge in [0.05, 0.1) is 17.6 Å². The van der Waals surface area contributed by atoms with Crippen molar-refractivity contribution >= 4 is 11.0 Å². The number of ether oxygens (including phenoxy) is 2. The summed E-state index contributed by atoms with van der Waals surface area (Å²) in [6, 6.07) is 20.9. The Bertz CT molecular complexity index is 1190. The first kappa shape index (κ1) is 21.0. The summed E-state index contributed by atoms with van der Waals surface area (Å²) in [5.74, 6) is 2.82. The van der Waals surface area contributed by atoms with Crippen molar-refractivity contribution in [3.8, 4) is 11.5 Å². The lowest BCUT2D eigenvalue weighted by atomic mass is 10.1. The van der Waals surface area contributed by atoms with Crippen molar-refractivity contribution in [2.24, 2.45) is 0 Å². The lowest BCUT2D eigenvalue weighted by Crippen LogP contribution is -2.10. The van der Waals surface area contributed by atoms with E-state index in [-0.39, 0.29) is 0 Å². The molecule has 0 saturated heterocycles. The van der Waals surface area contributed by atoms with Crippen LogP contribution < -0.4 is 9.47 Å². The minimum absolute atomic E-state index is 0.441. The molecule has 0 atom stereocenters. The molecule has 4 nitrogen and oxygen atoms in total. The molecule has 0 bridgehead atoms. The highest BCUT2D eigenvalue weighted by atomic mass is 16.5. The van der Waals surface area contributed by atoms with E-state index in [0.29, 0.717) is 13.2 Å². The van der Waals surface area contributed by atoms with Crippen molar-refractivity contribution in [3.63, 3.8) is 0 Å². The maximum absolute atomic E-state index is 6.16. The summed E-state index contributed by atoms with van der Waals surface area (Å²) in [5.41, 5.74) is 6.84. The number of aryl methyl sites for hydroxylation is 5. The number of hydrogen-bond acceptors (Lipinski definition) is 3. The Morgan fingerprint density at radius 1 is 0.774 bits per heavy atom. The zero-order chi connectivity index (χ0) is 21.8. The number of para-hydroxylation sites is 2. The van der Waals surface area contributed by atoms with E-state index < -0.39 is 0 Å². The van der Waals surface area contributed by atoms with E-state index in [1.54, 1.807) is 0 Å². The van der Waals surface area contributed by atoms with Gasteiger partial charge in [0.25, 0.3) is 0 Å². The third kappa shape index (κ3) is 4.91. The van der Waals surface area contributed by atoms with Crippen LogP contribution in [0.4, 0.5) is 0 Å². The molecule has 3 aromatic carbocycles. The molecule has 31 heavy (non-hydrogen) atoms. The zero-order valence-electron chi connectivity index (χ0n) is 18.8. The van der Waals surface area contributed by atoms with Gasteiger partial charge in [-0.1, -0.05) is 36.4 Å². The van der Waals surface area contributed by atoms with Crippen molar-refractivity contribution in [3.05, 3.63) is 88.7 Å². The van der Waals surface area contributed by atoms with Gasteiger partial charge in [-0.3, -0.25) is 0 Å². The van der Waals surface area contributed by atoms with Crippen molar-refractivity contribution in [2.75, 3.05) is 6.61 Å². The van der Waals surface area contributed by atoms with Crippen LogP contribution in [-0.4, -0.2) is 16.2 Å². The van der Waals surface area contributed by atoms with Gasteiger partial charge in [-0.2, -0.15) is 0 Å². The molecule has 0 radical (unpaired) electrons. The van der Waals surface area contributed by atoms with E-state index in [1.807, 2.05) is 6.07 Å². The zero-order valence-corrected chi connectivity index (χ0v) is 18.8.